The number of ether oxygens (including phenoxy) is 1. The van der Waals surface area contributed by atoms with Crippen molar-refractivity contribution in [2.45, 2.75) is 13.5 Å². The van der Waals surface area contributed by atoms with Gasteiger partial charge in [-0.25, -0.2) is 9.18 Å². The van der Waals surface area contributed by atoms with E-state index in [1.807, 2.05) is 11.9 Å². The van der Waals surface area contributed by atoms with Crippen LogP contribution in [0.1, 0.15) is 22.2 Å². The summed E-state index contributed by atoms with van der Waals surface area (Å²) in [6.07, 6.45) is 0. The van der Waals surface area contributed by atoms with Gasteiger partial charge in [-0.05, 0) is 30.7 Å². The molecule has 2 N–H and O–H groups in total. The summed E-state index contributed by atoms with van der Waals surface area (Å²) in [5.41, 5.74) is 7.25. The Bertz CT molecular complexity index is 625. The van der Waals surface area contributed by atoms with E-state index in [0.29, 0.717) is 23.7 Å². The molecule has 21 heavy (non-hydrogen) atoms. The van der Waals surface area contributed by atoms with E-state index < -0.39 is 5.97 Å². The Morgan fingerprint density at radius 1 is 1.38 bits per heavy atom. The average Bonchev–Trinajstić information content (AvgIpc) is 2.84. The highest BCUT2D eigenvalue weighted by Gasteiger charge is 2.17. The molecule has 0 aliphatic carbocycles. The summed E-state index contributed by atoms with van der Waals surface area (Å²) in [5, 5.41) is 0.861. The molecule has 0 atom stereocenters. The summed E-state index contributed by atoms with van der Waals surface area (Å²) in [6.45, 7) is 2.67. The Kier molecular flexibility index (Phi) is 4.80. The standard InChI is InChI=1S/C15H17FN2O2S/c1-3-20-15(19)14-12(17)8-13(21-14)18(2)9-10-4-6-11(16)7-5-10/h4-8H,3,9,17H2,1-2H3. The van der Waals surface area contributed by atoms with E-state index in [9.17, 15) is 9.18 Å². The predicted octanol–water partition coefficient (Wildman–Crippen LogP) is 3.28. The molecular weight excluding hydrogens is 291 g/mol. The van der Waals surface area contributed by atoms with Gasteiger partial charge in [0.05, 0.1) is 17.3 Å². The molecule has 0 bridgehead atoms. The molecule has 0 amide bonds. The lowest BCUT2D eigenvalue weighted by Gasteiger charge is -2.16. The van der Waals surface area contributed by atoms with E-state index in [0.717, 1.165) is 10.6 Å². The maximum Gasteiger partial charge on any atom is 0.350 e. The zero-order valence-corrected chi connectivity index (χ0v) is 12.7. The first kappa shape index (κ1) is 15.3. The number of hydrogen-bond donors (Lipinski definition) is 1. The predicted molar refractivity (Wildman–Crippen MR) is 83.2 cm³/mol. The summed E-state index contributed by atoms with van der Waals surface area (Å²) < 4.78 is 17.8. The summed E-state index contributed by atoms with van der Waals surface area (Å²) >= 11 is 1.29. The van der Waals surface area contributed by atoms with E-state index in [-0.39, 0.29) is 5.82 Å². The van der Waals surface area contributed by atoms with Crippen LogP contribution in [-0.4, -0.2) is 19.6 Å². The number of nitrogens with two attached hydrogens (primary N) is 1. The number of thiophene rings is 1. The number of benzene rings is 1. The molecule has 0 aliphatic heterocycles. The second kappa shape index (κ2) is 6.58. The van der Waals surface area contributed by atoms with Crippen molar-refractivity contribution in [2.24, 2.45) is 0 Å². The number of esters is 1. The molecule has 1 aromatic carbocycles. The number of carbonyl (C=O) groups excluding carboxylic acids is 1. The molecule has 0 unspecified atom stereocenters. The highest BCUT2D eigenvalue weighted by Crippen LogP contribution is 2.32. The Labute approximate surface area is 126 Å². The van der Waals surface area contributed by atoms with Crippen LogP contribution in [0.2, 0.25) is 0 Å². The van der Waals surface area contributed by atoms with Crippen molar-refractivity contribution in [3.63, 3.8) is 0 Å². The first-order valence-electron chi connectivity index (χ1n) is 6.53. The van der Waals surface area contributed by atoms with Crippen molar-refractivity contribution in [1.29, 1.82) is 0 Å². The minimum atomic E-state index is -0.401. The number of carbonyl (C=O) groups is 1. The molecular formula is C15H17FN2O2S. The van der Waals surface area contributed by atoms with Crippen molar-refractivity contribution in [2.75, 3.05) is 24.3 Å². The fraction of sp³-hybridized carbons (Fsp3) is 0.267. The van der Waals surface area contributed by atoms with Gasteiger partial charge in [0.2, 0.25) is 0 Å². The minimum absolute atomic E-state index is 0.258. The van der Waals surface area contributed by atoms with Crippen molar-refractivity contribution < 1.29 is 13.9 Å². The molecule has 0 fully saturated rings. The normalized spacial score (nSPS) is 10.4. The van der Waals surface area contributed by atoms with Crippen molar-refractivity contribution >= 4 is 28.0 Å². The number of nitrogens with zero attached hydrogens (tertiary/aromatic N) is 1. The Morgan fingerprint density at radius 2 is 2.05 bits per heavy atom. The zero-order valence-electron chi connectivity index (χ0n) is 11.9. The van der Waals surface area contributed by atoms with Gasteiger partial charge < -0.3 is 15.4 Å². The maximum absolute atomic E-state index is 12.9. The fourth-order valence-electron chi connectivity index (χ4n) is 1.88. The molecule has 0 saturated heterocycles. The lowest BCUT2D eigenvalue weighted by Crippen LogP contribution is -2.14. The summed E-state index contributed by atoms with van der Waals surface area (Å²) in [7, 11) is 1.89. The third-order valence-corrected chi connectivity index (χ3v) is 4.16. The second-order valence-electron chi connectivity index (χ2n) is 4.57. The summed E-state index contributed by atoms with van der Waals surface area (Å²) in [5.74, 6) is -0.659. The van der Waals surface area contributed by atoms with Crippen LogP contribution in [0.15, 0.2) is 30.3 Å². The van der Waals surface area contributed by atoms with Gasteiger partial charge in [0.15, 0.2) is 0 Å². The van der Waals surface area contributed by atoms with Crippen LogP contribution >= 0.6 is 11.3 Å². The monoisotopic (exact) mass is 308 g/mol. The topological polar surface area (TPSA) is 55.6 Å². The van der Waals surface area contributed by atoms with E-state index in [1.54, 1.807) is 25.1 Å². The second-order valence-corrected chi connectivity index (χ2v) is 5.60. The van der Waals surface area contributed by atoms with E-state index in [1.165, 1.54) is 23.5 Å². The quantitative estimate of drug-likeness (QED) is 0.861. The Hall–Kier alpha value is -2.08. The van der Waals surface area contributed by atoms with Gasteiger partial charge in [-0.3, -0.25) is 0 Å². The SMILES string of the molecule is CCOC(=O)c1sc(N(C)Cc2ccc(F)cc2)cc1N. The lowest BCUT2D eigenvalue weighted by molar-refractivity contribution is 0.0533. The summed E-state index contributed by atoms with van der Waals surface area (Å²) in [4.78, 5) is 14.1. The van der Waals surface area contributed by atoms with Crippen LogP contribution < -0.4 is 10.6 Å². The van der Waals surface area contributed by atoms with Gasteiger partial charge in [0, 0.05) is 13.6 Å². The average molecular weight is 308 g/mol. The summed E-state index contributed by atoms with van der Waals surface area (Å²) in [6, 6.07) is 8.07. The first-order valence-corrected chi connectivity index (χ1v) is 7.35. The van der Waals surface area contributed by atoms with Crippen LogP contribution in [0.4, 0.5) is 15.1 Å². The highest BCUT2D eigenvalue weighted by molar-refractivity contribution is 7.18. The Morgan fingerprint density at radius 3 is 2.67 bits per heavy atom. The number of anilines is 2. The van der Waals surface area contributed by atoms with Gasteiger partial charge in [0.25, 0.3) is 0 Å². The molecule has 6 heteroatoms. The smallest absolute Gasteiger partial charge is 0.350 e. The molecule has 1 aromatic heterocycles. The third kappa shape index (κ3) is 3.72. The molecule has 0 spiro atoms. The highest BCUT2D eigenvalue weighted by atomic mass is 32.1. The number of halogens is 1. The molecule has 0 aliphatic rings. The number of rotatable bonds is 5. The molecule has 4 nitrogen and oxygen atoms in total. The van der Waals surface area contributed by atoms with Gasteiger partial charge in [-0.15, -0.1) is 11.3 Å². The van der Waals surface area contributed by atoms with E-state index >= 15 is 0 Å². The van der Waals surface area contributed by atoms with E-state index in [2.05, 4.69) is 0 Å². The zero-order chi connectivity index (χ0) is 15.4. The van der Waals surface area contributed by atoms with Crippen molar-refractivity contribution in [3.8, 4) is 0 Å². The maximum atomic E-state index is 12.9. The van der Waals surface area contributed by atoms with E-state index in [4.69, 9.17) is 10.5 Å². The van der Waals surface area contributed by atoms with Gasteiger partial charge >= 0.3 is 5.97 Å². The molecule has 0 saturated carbocycles. The molecule has 112 valence electrons. The van der Waals surface area contributed by atoms with Crippen LogP contribution in [0, 0.1) is 5.82 Å². The van der Waals surface area contributed by atoms with Gasteiger partial charge in [-0.2, -0.15) is 0 Å². The van der Waals surface area contributed by atoms with Crippen LogP contribution in [0.3, 0.4) is 0 Å². The van der Waals surface area contributed by atoms with Crippen LogP contribution in [0.5, 0.6) is 0 Å². The largest absolute Gasteiger partial charge is 0.462 e. The van der Waals surface area contributed by atoms with Gasteiger partial charge in [0.1, 0.15) is 10.7 Å². The van der Waals surface area contributed by atoms with Crippen LogP contribution in [0.25, 0.3) is 0 Å². The van der Waals surface area contributed by atoms with Gasteiger partial charge in [-0.1, -0.05) is 12.1 Å². The van der Waals surface area contributed by atoms with Crippen LogP contribution in [-0.2, 0) is 11.3 Å². The van der Waals surface area contributed by atoms with Crippen molar-refractivity contribution in [1.82, 2.24) is 0 Å². The molecule has 1 heterocycles. The molecule has 2 rings (SSSR count). The Balaban J connectivity index is 2.12. The minimum Gasteiger partial charge on any atom is -0.462 e. The van der Waals surface area contributed by atoms with Crippen molar-refractivity contribution in [3.05, 3.63) is 46.6 Å². The number of hydrogen-bond acceptors (Lipinski definition) is 5. The number of nitrogen functional groups attached to an aromatic ring is 1. The molecule has 0 radical (unpaired) electrons. The molecule has 2 aromatic rings. The third-order valence-electron chi connectivity index (χ3n) is 2.92. The lowest BCUT2D eigenvalue weighted by atomic mass is 10.2. The first-order chi connectivity index (χ1) is 10.0. The fourth-order valence-corrected chi connectivity index (χ4v) is 2.81.